The highest BCUT2D eigenvalue weighted by Crippen LogP contribution is 2.25. The fourth-order valence-electron chi connectivity index (χ4n) is 3.07. The van der Waals surface area contributed by atoms with Gasteiger partial charge in [0, 0.05) is 26.2 Å². The number of nitrogens with one attached hydrogen (secondary N) is 1. The van der Waals surface area contributed by atoms with Crippen molar-refractivity contribution in [3.8, 4) is 0 Å². The van der Waals surface area contributed by atoms with Gasteiger partial charge < -0.3 is 15.0 Å². The summed E-state index contributed by atoms with van der Waals surface area (Å²) in [7, 11) is 3.42. The minimum Gasteiger partial charge on any atom is -0.452 e. The highest BCUT2D eigenvalue weighted by Gasteiger charge is 2.21. The van der Waals surface area contributed by atoms with Gasteiger partial charge in [-0.25, -0.2) is 4.79 Å². The summed E-state index contributed by atoms with van der Waals surface area (Å²) in [4.78, 5) is 37.1. The van der Waals surface area contributed by atoms with Gasteiger partial charge in [0.2, 0.25) is 0 Å². The van der Waals surface area contributed by atoms with Crippen LogP contribution in [0.1, 0.15) is 42.2 Å². The van der Waals surface area contributed by atoms with Crippen LogP contribution in [0.5, 0.6) is 0 Å². The average Bonchev–Trinajstić information content (AvgIpc) is 2.71. The van der Waals surface area contributed by atoms with E-state index in [4.69, 9.17) is 4.74 Å². The van der Waals surface area contributed by atoms with Gasteiger partial charge in [0.1, 0.15) is 0 Å². The van der Waals surface area contributed by atoms with Crippen LogP contribution in [0.3, 0.4) is 0 Å². The van der Waals surface area contributed by atoms with Crippen LogP contribution in [0.15, 0.2) is 48.5 Å². The molecule has 30 heavy (non-hydrogen) atoms. The quantitative estimate of drug-likeness (QED) is 0.382. The van der Waals surface area contributed by atoms with Crippen molar-refractivity contribution < 1.29 is 19.2 Å². The number of benzene rings is 2. The van der Waals surface area contributed by atoms with E-state index in [-0.39, 0.29) is 17.3 Å². The zero-order valence-electron chi connectivity index (χ0n) is 17.6. The molecule has 0 unspecified atom stereocenters. The Morgan fingerprint density at radius 2 is 1.80 bits per heavy atom. The first kappa shape index (κ1) is 22.9. The molecule has 1 atom stereocenters. The molecule has 0 aliphatic rings. The molecule has 1 amide bonds. The van der Waals surface area contributed by atoms with Crippen molar-refractivity contribution in [3.63, 3.8) is 0 Å². The molecular formula is C22H27N3O5. The molecular weight excluding hydrogens is 386 g/mol. The van der Waals surface area contributed by atoms with Gasteiger partial charge in [-0.05, 0) is 24.0 Å². The third-order valence-electron chi connectivity index (χ3n) is 4.47. The first-order valence-corrected chi connectivity index (χ1v) is 9.66. The molecule has 0 aliphatic heterocycles. The molecule has 0 bridgehead atoms. The minimum absolute atomic E-state index is 0.0313. The van der Waals surface area contributed by atoms with E-state index in [1.54, 1.807) is 19.0 Å². The number of ether oxygens (including phenoxy) is 1. The molecule has 0 saturated heterocycles. The second-order valence-electron chi connectivity index (χ2n) is 7.59. The fraction of sp³-hybridized carbons (Fsp3) is 0.364. The van der Waals surface area contributed by atoms with E-state index in [9.17, 15) is 19.7 Å². The second kappa shape index (κ2) is 10.4. The summed E-state index contributed by atoms with van der Waals surface area (Å²) in [6, 6.07) is 13.3. The summed E-state index contributed by atoms with van der Waals surface area (Å²) in [5, 5.41) is 13.9. The maximum atomic E-state index is 12.5. The number of nitrogens with zero attached hydrogens (tertiary/aromatic N) is 2. The summed E-state index contributed by atoms with van der Waals surface area (Å²) in [6.07, 6.45) is 0.735. The lowest BCUT2D eigenvalue weighted by molar-refractivity contribution is -0.384. The van der Waals surface area contributed by atoms with Gasteiger partial charge in [-0.3, -0.25) is 14.9 Å². The monoisotopic (exact) mass is 413 g/mol. The SMILES string of the molecule is CC(C)C[C@@H](NC(=O)COC(=O)c1cc([N+](=O)[O-])ccc1N(C)C)c1ccccc1. The molecule has 2 aromatic rings. The highest BCUT2D eigenvalue weighted by molar-refractivity contribution is 5.97. The summed E-state index contributed by atoms with van der Waals surface area (Å²) in [5.74, 6) is -0.877. The molecule has 0 radical (unpaired) electrons. The van der Waals surface area contributed by atoms with Crippen LogP contribution in [-0.4, -0.2) is 37.5 Å². The van der Waals surface area contributed by atoms with E-state index in [0.717, 1.165) is 18.1 Å². The van der Waals surface area contributed by atoms with Crippen LogP contribution in [-0.2, 0) is 9.53 Å². The lowest BCUT2D eigenvalue weighted by atomic mass is 9.97. The number of anilines is 1. The maximum absolute atomic E-state index is 12.5. The fourth-order valence-corrected chi connectivity index (χ4v) is 3.07. The Balaban J connectivity index is 2.08. The van der Waals surface area contributed by atoms with E-state index in [1.807, 2.05) is 30.3 Å². The van der Waals surface area contributed by atoms with E-state index < -0.39 is 23.4 Å². The summed E-state index contributed by atoms with van der Waals surface area (Å²) in [6.45, 7) is 3.65. The van der Waals surface area contributed by atoms with Gasteiger partial charge in [-0.2, -0.15) is 0 Å². The highest BCUT2D eigenvalue weighted by atomic mass is 16.6. The average molecular weight is 413 g/mol. The number of carbonyl (C=O) groups excluding carboxylic acids is 2. The predicted molar refractivity (Wildman–Crippen MR) is 114 cm³/mol. The van der Waals surface area contributed by atoms with Crippen molar-refractivity contribution in [1.82, 2.24) is 5.32 Å². The first-order valence-electron chi connectivity index (χ1n) is 9.66. The Bertz CT molecular complexity index is 897. The predicted octanol–water partition coefficient (Wildman–Crippen LogP) is 3.72. The van der Waals surface area contributed by atoms with Crippen LogP contribution in [0.4, 0.5) is 11.4 Å². The molecule has 0 heterocycles. The van der Waals surface area contributed by atoms with Crippen LogP contribution in [0.25, 0.3) is 0 Å². The van der Waals surface area contributed by atoms with Crippen molar-refractivity contribution in [1.29, 1.82) is 0 Å². The molecule has 2 rings (SSSR count). The minimum atomic E-state index is -0.794. The normalized spacial score (nSPS) is 11.6. The smallest absolute Gasteiger partial charge is 0.341 e. The lowest BCUT2D eigenvalue weighted by Gasteiger charge is -2.21. The van der Waals surface area contributed by atoms with E-state index in [2.05, 4.69) is 19.2 Å². The van der Waals surface area contributed by atoms with Gasteiger partial charge >= 0.3 is 5.97 Å². The van der Waals surface area contributed by atoms with Crippen molar-refractivity contribution in [2.45, 2.75) is 26.3 Å². The van der Waals surface area contributed by atoms with Crippen LogP contribution in [0, 0.1) is 16.0 Å². The topological polar surface area (TPSA) is 102 Å². The van der Waals surface area contributed by atoms with Crippen molar-refractivity contribution in [2.75, 3.05) is 25.6 Å². The largest absolute Gasteiger partial charge is 0.452 e. The third-order valence-corrected chi connectivity index (χ3v) is 4.47. The Morgan fingerprint density at radius 1 is 1.13 bits per heavy atom. The number of hydrogen-bond acceptors (Lipinski definition) is 6. The third kappa shape index (κ3) is 6.30. The molecule has 0 aromatic heterocycles. The molecule has 0 spiro atoms. The Labute approximate surface area is 176 Å². The molecule has 160 valence electrons. The molecule has 1 N–H and O–H groups in total. The van der Waals surface area contributed by atoms with Crippen LogP contribution in [0.2, 0.25) is 0 Å². The molecule has 8 nitrogen and oxygen atoms in total. The Morgan fingerprint density at radius 3 is 2.37 bits per heavy atom. The van der Waals surface area contributed by atoms with Gasteiger partial charge in [-0.1, -0.05) is 44.2 Å². The number of esters is 1. The number of rotatable bonds is 9. The number of nitro groups is 1. The van der Waals surface area contributed by atoms with Gasteiger partial charge in [-0.15, -0.1) is 0 Å². The molecule has 0 fully saturated rings. The summed E-state index contributed by atoms with van der Waals surface area (Å²) >= 11 is 0. The molecule has 2 aromatic carbocycles. The van der Waals surface area contributed by atoms with Gasteiger partial charge in [0.15, 0.2) is 6.61 Å². The molecule has 0 aliphatic carbocycles. The lowest BCUT2D eigenvalue weighted by Crippen LogP contribution is -2.33. The number of carbonyl (C=O) groups is 2. The van der Waals surface area contributed by atoms with E-state index in [0.29, 0.717) is 11.6 Å². The number of nitro benzene ring substituents is 1. The Kier molecular flexibility index (Phi) is 7.91. The second-order valence-corrected chi connectivity index (χ2v) is 7.59. The molecule has 8 heteroatoms. The summed E-state index contributed by atoms with van der Waals surface area (Å²) < 4.78 is 5.16. The van der Waals surface area contributed by atoms with Crippen molar-refractivity contribution in [2.24, 2.45) is 5.92 Å². The maximum Gasteiger partial charge on any atom is 0.341 e. The van der Waals surface area contributed by atoms with Gasteiger partial charge in [0.05, 0.1) is 22.2 Å². The van der Waals surface area contributed by atoms with Gasteiger partial charge in [0.25, 0.3) is 11.6 Å². The van der Waals surface area contributed by atoms with Crippen molar-refractivity contribution >= 4 is 23.3 Å². The number of amides is 1. The van der Waals surface area contributed by atoms with Crippen molar-refractivity contribution in [3.05, 3.63) is 69.8 Å². The number of hydrogen-bond donors (Lipinski definition) is 1. The number of non-ortho nitro benzene ring substituents is 1. The van der Waals surface area contributed by atoms with Crippen LogP contribution >= 0.6 is 0 Å². The van der Waals surface area contributed by atoms with E-state index in [1.165, 1.54) is 12.1 Å². The van der Waals surface area contributed by atoms with Crippen LogP contribution < -0.4 is 10.2 Å². The first-order chi connectivity index (χ1) is 14.2. The zero-order valence-corrected chi connectivity index (χ0v) is 17.6. The Hall–Kier alpha value is -3.42. The van der Waals surface area contributed by atoms with E-state index >= 15 is 0 Å². The standard InChI is InChI=1S/C22H27N3O5/c1-15(2)12-19(16-8-6-5-7-9-16)23-21(26)14-30-22(27)18-13-17(25(28)29)10-11-20(18)24(3)4/h5-11,13,15,19H,12,14H2,1-4H3,(H,23,26)/t19-/m1/s1. The zero-order chi connectivity index (χ0) is 22.3. The summed E-state index contributed by atoms with van der Waals surface area (Å²) in [5.41, 5.74) is 1.24. The molecule has 0 saturated carbocycles.